The van der Waals surface area contributed by atoms with Gasteiger partial charge in [-0.1, -0.05) is 204 Å². The van der Waals surface area contributed by atoms with Gasteiger partial charge in [-0.25, -0.2) is 0 Å². The molecule has 0 amide bonds. The van der Waals surface area contributed by atoms with Crippen molar-refractivity contribution in [1.29, 1.82) is 0 Å². The minimum atomic E-state index is -0.791. The van der Waals surface area contributed by atoms with Gasteiger partial charge in [0.15, 0.2) is 6.10 Å². The second kappa shape index (κ2) is 48.8. The SMILES string of the molecule is CC/C=C\C/C=C\C/C=C\C/C=C\CCCCC(=O)OCC(COC(=O)CCCCCCC/C=C\CCCCCC)OC(=O)CCCCCCCCCCCCCCCC. The average Bonchev–Trinajstić information content (AvgIpc) is 3.24. The third-order valence-corrected chi connectivity index (χ3v) is 10.8. The maximum atomic E-state index is 12.8. The summed E-state index contributed by atoms with van der Waals surface area (Å²) in [6, 6.07) is 0. The van der Waals surface area contributed by atoms with Crippen molar-refractivity contribution in [2.45, 2.75) is 252 Å². The topological polar surface area (TPSA) is 78.9 Å². The van der Waals surface area contributed by atoms with Gasteiger partial charge in [0.2, 0.25) is 0 Å². The lowest BCUT2D eigenvalue weighted by molar-refractivity contribution is -0.167. The van der Waals surface area contributed by atoms with Crippen molar-refractivity contribution in [3.63, 3.8) is 0 Å². The summed E-state index contributed by atoms with van der Waals surface area (Å²) in [5.74, 6) is -0.937. The molecule has 0 aromatic heterocycles. The van der Waals surface area contributed by atoms with Crippen LogP contribution >= 0.6 is 0 Å². The zero-order chi connectivity index (χ0) is 43.7. The van der Waals surface area contributed by atoms with Gasteiger partial charge in [0.25, 0.3) is 0 Å². The minimum Gasteiger partial charge on any atom is -0.462 e. The molecule has 1 atom stereocenters. The Balaban J connectivity index is 4.45. The number of unbranched alkanes of at least 4 members (excludes halogenated alkanes) is 24. The van der Waals surface area contributed by atoms with Crippen molar-refractivity contribution in [3.05, 3.63) is 60.8 Å². The molecule has 0 N–H and O–H groups in total. The van der Waals surface area contributed by atoms with Crippen LogP contribution in [-0.2, 0) is 28.6 Å². The van der Waals surface area contributed by atoms with Gasteiger partial charge in [-0.2, -0.15) is 0 Å². The highest BCUT2D eigenvalue weighted by atomic mass is 16.6. The molecular formula is C54H94O6. The molecule has 0 aromatic rings. The average molecular weight is 839 g/mol. The van der Waals surface area contributed by atoms with E-state index in [0.717, 1.165) is 89.9 Å². The number of allylic oxidation sites excluding steroid dienone is 10. The van der Waals surface area contributed by atoms with E-state index in [2.05, 4.69) is 81.5 Å². The summed E-state index contributed by atoms with van der Waals surface area (Å²) >= 11 is 0. The van der Waals surface area contributed by atoms with Crippen molar-refractivity contribution >= 4 is 17.9 Å². The smallest absolute Gasteiger partial charge is 0.306 e. The Labute approximate surface area is 370 Å². The summed E-state index contributed by atoms with van der Waals surface area (Å²) in [7, 11) is 0. The molecule has 0 aliphatic carbocycles. The van der Waals surface area contributed by atoms with Crippen LogP contribution in [0.3, 0.4) is 0 Å². The summed E-state index contributed by atoms with van der Waals surface area (Å²) in [4.78, 5) is 37.9. The quantitative estimate of drug-likeness (QED) is 0.0263. The Kier molecular flexibility index (Phi) is 46.4. The first-order chi connectivity index (χ1) is 29.5. The zero-order valence-corrected chi connectivity index (χ0v) is 39.5. The molecule has 1 unspecified atom stereocenters. The van der Waals surface area contributed by atoms with Gasteiger partial charge in [-0.15, -0.1) is 0 Å². The molecule has 0 saturated carbocycles. The molecule has 0 aliphatic rings. The molecular weight excluding hydrogens is 745 g/mol. The van der Waals surface area contributed by atoms with Gasteiger partial charge in [0.05, 0.1) is 0 Å². The fourth-order valence-corrected chi connectivity index (χ4v) is 6.96. The number of carbonyl (C=O) groups excluding carboxylic acids is 3. The van der Waals surface area contributed by atoms with Crippen LogP contribution in [0.15, 0.2) is 60.8 Å². The van der Waals surface area contributed by atoms with E-state index in [1.54, 1.807) is 0 Å². The molecule has 0 aliphatic heterocycles. The van der Waals surface area contributed by atoms with Crippen molar-refractivity contribution in [3.8, 4) is 0 Å². The first-order valence-electron chi connectivity index (χ1n) is 25.3. The van der Waals surface area contributed by atoms with Crippen LogP contribution in [0, 0.1) is 0 Å². The fraction of sp³-hybridized carbons (Fsp3) is 0.759. The number of hydrogen-bond acceptors (Lipinski definition) is 6. The van der Waals surface area contributed by atoms with Gasteiger partial charge in [-0.3, -0.25) is 14.4 Å². The van der Waals surface area contributed by atoms with Crippen molar-refractivity contribution in [1.82, 2.24) is 0 Å². The zero-order valence-electron chi connectivity index (χ0n) is 39.5. The van der Waals surface area contributed by atoms with Crippen LogP contribution < -0.4 is 0 Å². The Bertz CT molecular complexity index is 1100. The number of rotatable bonds is 45. The van der Waals surface area contributed by atoms with Gasteiger partial charge in [0, 0.05) is 19.3 Å². The fourth-order valence-electron chi connectivity index (χ4n) is 6.96. The molecule has 346 valence electrons. The van der Waals surface area contributed by atoms with E-state index >= 15 is 0 Å². The first kappa shape index (κ1) is 57.1. The van der Waals surface area contributed by atoms with E-state index in [1.807, 2.05) is 0 Å². The van der Waals surface area contributed by atoms with Crippen molar-refractivity contribution in [2.75, 3.05) is 13.2 Å². The van der Waals surface area contributed by atoms with E-state index in [-0.39, 0.29) is 31.1 Å². The second-order valence-corrected chi connectivity index (χ2v) is 16.7. The van der Waals surface area contributed by atoms with Gasteiger partial charge < -0.3 is 14.2 Å². The molecule has 0 saturated heterocycles. The molecule has 0 aromatic carbocycles. The predicted octanol–water partition coefficient (Wildman–Crippen LogP) is 16.5. The van der Waals surface area contributed by atoms with E-state index in [4.69, 9.17) is 14.2 Å². The highest BCUT2D eigenvalue weighted by molar-refractivity contribution is 5.71. The maximum Gasteiger partial charge on any atom is 0.306 e. The molecule has 60 heavy (non-hydrogen) atoms. The molecule has 0 spiro atoms. The Hall–Kier alpha value is -2.89. The lowest BCUT2D eigenvalue weighted by atomic mass is 10.0. The monoisotopic (exact) mass is 839 g/mol. The molecule has 0 radical (unpaired) electrons. The van der Waals surface area contributed by atoms with Crippen LogP contribution in [0.1, 0.15) is 245 Å². The standard InChI is InChI=1S/C54H94O6/c1-4-7-10-13-16-19-22-25-27-30-32-35-38-41-44-47-53(56)59-50-51(49-58-52(55)46-43-40-37-34-31-28-24-21-18-15-12-9-6-3)60-54(57)48-45-42-39-36-33-29-26-23-20-17-14-11-8-5-2/h7,10,16,19,21,24-25,27,32,35,51H,4-6,8-9,11-15,17-18,20,22-23,26,28-31,33-34,36-50H2,1-3H3/b10-7-,19-16-,24-21-,27-25-,35-32-. The largest absolute Gasteiger partial charge is 0.462 e. The van der Waals surface area contributed by atoms with Gasteiger partial charge in [0.1, 0.15) is 13.2 Å². The third kappa shape index (κ3) is 46.2. The minimum absolute atomic E-state index is 0.0901. The number of ether oxygens (including phenoxy) is 3. The molecule has 6 nitrogen and oxygen atoms in total. The highest BCUT2D eigenvalue weighted by Crippen LogP contribution is 2.15. The second-order valence-electron chi connectivity index (χ2n) is 16.7. The number of carbonyl (C=O) groups is 3. The number of esters is 3. The van der Waals surface area contributed by atoms with Crippen LogP contribution in [-0.4, -0.2) is 37.2 Å². The highest BCUT2D eigenvalue weighted by Gasteiger charge is 2.19. The maximum absolute atomic E-state index is 12.8. The van der Waals surface area contributed by atoms with Crippen LogP contribution in [0.2, 0.25) is 0 Å². The Morgan fingerprint density at radius 3 is 1.08 bits per heavy atom. The van der Waals surface area contributed by atoms with E-state index in [9.17, 15) is 14.4 Å². The van der Waals surface area contributed by atoms with Crippen molar-refractivity contribution in [2.24, 2.45) is 0 Å². The van der Waals surface area contributed by atoms with Gasteiger partial charge in [-0.05, 0) is 83.5 Å². The molecule has 6 heteroatoms. The first-order valence-corrected chi connectivity index (χ1v) is 25.3. The van der Waals surface area contributed by atoms with E-state index < -0.39 is 6.10 Å². The summed E-state index contributed by atoms with van der Waals surface area (Å²) in [6.07, 6.45) is 59.2. The van der Waals surface area contributed by atoms with Crippen LogP contribution in [0.25, 0.3) is 0 Å². The summed E-state index contributed by atoms with van der Waals surface area (Å²) in [5, 5.41) is 0. The van der Waals surface area contributed by atoms with E-state index in [1.165, 1.54) is 116 Å². The lowest BCUT2D eigenvalue weighted by Gasteiger charge is -2.18. The molecule has 0 fully saturated rings. The number of hydrogen-bond donors (Lipinski definition) is 0. The molecule has 0 rings (SSSR count). The summed E-state index contributed by atoms with van der Waals surface area (Å²) < 4.78 is 16.7. The van der Waals surface area contributed by atoms with Crippen LogP contribution in [0.5, 0.6) is 0 Å². The summed E-state index contributed by atoms with van der Waals surface area (Å²) in [6.45, 7) is 6.47. The molecule has 0 bridgehead atoms. The third-order valence-electron chi connectivity index (χ3n) is 10.8. The summed E-state index contributed by atoms with van der Waals surface area (Å²) in [5.41, 5.74) is 0. The Morgan fingerprint density at radius 2 is 0.650 bits per heavy atom. The van der Waals surface area contributed by atoms with Crippen LogP contribution in [0.4, 0.5) is 0 Å². The molecule has 0 heterocycles. The van der Waals surface area contributed by atoms with Gasteiger partial charge >= 0.3 is 17.9 Å². The Morgan fingerprint density at radius 1 is 0.350 bits per heavy atom. The lowest BCUT2D eigenvalue weighted by Crippen LogP contribution is -2.30. The van der Waals surface area contributed by atoms with Crippen molar-refractivity contribution < 1.29 is 28.6 Å². The normalized spacial score (nSPS) is 12.5. The van der Waals surface area contributed by atoms with E-state index in [0.29, 0.717) is 19.3 Å². The predicted molar refractivity (Wildman–Crippen MR) is 256 cm³/mol.